The fraction of sp³-hybridized carbons (Fsp3) is 0.333. The van der Waals surface area contributed by atoms with Gasteiger partial charge in [0.2, 0.25) is 11.6 Å². The summed E-state index contributed by atoms with van der Waals surface area (Å²) < 4.78 is 5.39. The molecule has 3 rings (SSSR count). The lowest BCUT2D eigenvalue weighted by molar-refractivity contribution is -0.145. The second-order valence-electron chi connectivity index (χ2n) is 5.92. The molecule has 130 valence electrons. The van der Waals surface area contributed by atoms with Gasteiger partial charge in [0.05, 0.1) is 17.5 Å². The molecule has 0 radical (unpaired) electrons. The summed E-state index contributed by atoms with van der Waals surface area (Å²) in [6.45, 7) is 1.10. The first-order chi connectivity index (χ1) is 12.1. The van der Waals surface area contributed by atoms with Crippen LogP contribution in [0.5, 0.6) is 5.75 Å². The quantitative estimate of drug-likeness (QED) is 0.711. The highest BCUT2D eigenvalue weighted by Gasteiger charge is 2.34. The van der Waals surface area contributed by atoms with Crippen LogP contribution in [0.25, 0.3) is 0 Å². The normalized spacial score (nSPS) is 18.2. The van der Waals surface area contributed by atoms with E-state index < -0.39 is 23.6 Å². The number of rotatable bonds is 8. The number of hydrogen-bond acceptors (Lipinski definition) is 6. The highest BCUT2D eigenvalue weighted by Crippen LogP contribution is 2.24. The molecule has 1 saturated heterocycles. The number of Topliss-reactive ketones (excluding diaryl/α,β-unsaturated/α-hetero) is 2. The zero-order valence-electron chi connectivity index (χ0n) is 13.6. The van der Waals surface area contributed by atoms with Crippen molar-refractivity contribution < 1.29 is 24.2 Å². The molecule has 0 amide bonds. The van der Waals surface area contributed by atoms with E-state index in [0.717, 1.165) is 12.6 Å². The first kappa shape index (κ1) is 17.0. The van der Waals surface area contributed by atoms with Crippen molar-refractivity contribution in [3.8, 4) is 5.75 Å². The van der Waals surface area contributed by atoms with Crippen LogP contribution in [0.4, 0.5) is 0 Å². The van der Waals surface area contributed by atoms with Crippen LogP contribution < -0.4 is 4.74 Å². The number of ether oxygens (including phenoxy) is 1. The molecule has 1 N–H and O–H groups in total. The Balaban J connectivity index is 1.72. The molecule has 1 atom stereocenters. The molecule has 1 aromatic rings. The number of likely N-dealkylation sites (tertiary alicyclic amines) is 1. The Bertz CT molecular complexity index is 750. The molecular formula is C18H18N2O5. The van der Waals surface area contributed by atoms with Crippen LogP contribution in [0.2, 0.25) is 0 Å². The van der Waals surface area contributed by atoms with Crippen LogP contribution in [0.15, 0.2) is 46.6 Å². The third-order valence-corrected chi connectivity index (χ3v) is 4.27. The van der Waals surface area contributed by atoms with E-state index in [1.807, 2.05) is 6.07 Å². The average molecular weight is 342 g/mol. The number of aliphatic carboxylic acids is 1. The fourth-order valence-corrected chi connectivity index (χ4v) is 2.81. The van der Waals surface area contributed by atoms with Crippen molar-refractivity contribution in [2.75, 3.05) is 19.7 Å². The molecule has 0 spiro atoms. The molecule has 1 unspecified atom stereocenters. The third-order valence-electron chi connectivity index (χ3n) is 4.27. The molecule has 7 nitrogen and oxygen atoms in total. The Hall–Kier alpha value is -2.80. The van der Waals surface area contributed by atoms with Gasteiger partial charge in [-0.15, -0.1) is 0 Å². The van der Waals surface area contributed by atoms with Gasteiger partial charge in [-0.1, -0.05) is 18.2 Å². The number of hydrogen-bond donors (Lipinski definition) is 1. The van der Waals surface area contributed by atoms with E-state index in [-0.39, 0.29) is 24.3 Å². The molecule has 7 heteroatoms. The maximum Gasteiger partial charge on any atom is 0.321 e. The molecule has 1 fully saturated rings. The summed E-state index contributed by atoms with van der Waals surface area (Å²) in [4.78, 5) is 41.7. The van der Waals surface area contributed by atoms with Gasteiger partial charge in [-0.2, -0.15) is 0 Å². The van der Waals surface area contributed by atoms with E-state index in [1.54, 1.807) is 29.2 Å². The minimum Gasteiger partial charge on any atom is -0.485 e. The molecule has 2 aliphatic heterocycles. The van der Waals surface area contributed by atoms with Gasteiger partial charge in [0.25, 0.3) is 0 Å². The molecule has 0 aromatic heterocycles. The van der Waals surface area contributed by atoms with Crippen molar-refractivity contribution >= 4 is 23.8 Å². The zero-order valence-corrected chi connectivity index (χ0v) is 13.6. The van der Waals surface area contributed by atoms with Gasteiger partial charge >= 0.3 is 5.97 Å². The molecule has 1 aromatic carbocycles. The van der Waals surface area contributed by atoms with E-state index in [1.165, 1.54) is 0 Å². The monoisotopic (exact) mass is 342 g/mol. The van der Waals surface area contributed by atoms with Crippen molar-refractivity contribution in [1.29, 1.82) is 0 Å². The van der Waals surface area contributed by atoms with E-state index in [4.69, 9.17) is 4.74 Å². The summed E-state index contributed by atoms with van der Waals surface area (Å²) in [5, 5.41) is 9.40. The van der Waals surface area contributed by atoms with Crippen molar-refractivity contribution in [2.24, 2.45) is 4.99 Å². The molecule has 25 heavy (non-hydrogen) atoms. The van der Waals surface area contributed by atoms with Crippen molar-refractivity contribution in [2.45, 2.75) is 18.9 Å². The summed E-state index contributed by atoms with van der Waals surface area (Å²) >= 11 is 0. The summed E-state index contributed by atoms with van der Waals surface area (Å²) in [7, 11) is 0. The van der Waals surface area contributed by atoms with Crippen LogP contribution in [0, 0.1) is 0 Å². The number of carboxylic acid groups (broad SMARTS) is 1. The summed E-state index contributed by atoms with van der Waals surface area (Å²) in [5.74, 6) is -1.44. The van der Waals surface area contributed by atoms with Crippen molar-refractivity contribution in [3.05, 3.63) is 41.6 Å². The van der Waals surface area contributed by atoms with Gasteiger partial charge < -0.3 is 9.84 Å². The first-order valence-corrected chi connectivity index (χ1v) is 8.05. The maximum absolute atomic E-state index is 12.4. The van der Waals surface area contributed by atoms with Gasteiger partial charge in [-0.05, 0) is 18.6 Å². The minimum atomic E-state index is -0.978. The minimum absolute atomic E-state index is 0.0317. The standard InChI is InChI=1S/C18H18N2O5/c21-15-10-19-13(9-14(18(23)24)20-7-4-8-20)17(15)16(22)11-25-12-5-2-1-3-6-12/h1-3,5-6,10,14H,4,7-9,11H2,(H,23,24). The number of carboxylic acids is 1. The molecule has 0 bridgehead atoms. The van der Waals surface area contributed by atoms with Crippen molar-refractivity contribution in [1.82, 2.24) is 4.90 Å². The predicted molar refractivity (Wildman–Crippen MR) is 89.7 cm³/mol. The smallest absolute Gasteiger partial charge is 0.321 e. The largest absolute Gasteiger partial charge is 0.485 e. The number of aliphatic imine (C=N–C) groups is 1. The van der Waals surface area contributed by atoms with Crippen LogP contribution in [0.3, 0.4) is 0 Å². The Morgan fingerprint density at radius 2 is 1.96 bits per heavy atom. The average Bonchev–Trinajstić information content (AvgIpc) is 2.92. The van der Waals surface area contributed by atoms with Crippen LogP contribution in [-0.2, 0) is 14.4 Å². The summed E-state index contributed by atoms with van der Waals surface area (Å²) in [5.41, 5.74) is 0.161. The Morgan fingerprint density at radius 3 is 2.56 bits per heavy atom. The molecule has 0 saturated carbocycles. The zero-order chi connectivity index (χ0) is 17.8. The number of nitrogens with zero attached hydrogens (tertiary/aromatic N) is 2. The number of ketones is 2. The topological polar surface area (TPSA) is 96.3 Å². The van der Waals surface area contributed by atoms with E-state index in [2.05, 4.69) is 4.99 Å². The van der Waals surface area contributed by atoms with Gasteiger partial charge in [-0.3, -0.25) is 24.3 Å². The van der Waals surface area contributed by atoms with Gasteiger partial charge in [-0.25, -0.2) is 0 Å². The van der Waals surface area contributed by atoms with E-state index >= 15 is 0 Å². The van der Waals surface area contributed by atoms with Gasteiger partial charge in [0.15, 0.2) is 6.61 Å². The second-order valence-corrected chi connectivity index (χ2v) is 5.92. The van der Waals surface area contributed by atoms with Gasteiger partial charge in [0, 0.05) is 19.5 Å². The van der Waals surface area contributed by atoms with E-state index in [0.29, 0.717) is 18.8 Å². The number of benzene rings is 1. The molecular weight excluding hydrogens is 324 g/mol. The first-order valence-electron chi connectivity index (χ1n) is 8.05. The van der Waals surface area contributed by atoms with Crippen LogP contribution >= 0.6 is 0 Å². The maximum atomic E-state index is 12.4. The third kappa shape index (κ3) is 3.83. The van der Waals surface area contributed by atoms with Crippen molar-refractivity contribution in [3.63, 3.8) is 0 Å². The number of para-hydroxylation sites is 1. The van der Waals surface area contributed by atoms with Gasteiger partial charge in [0.1, 0.15) is 11.8 Å². The fourth-order valence-electron chi connectivity index (χ4n) is 2.81. The lowest BCUT2D eigenvalue weighted by Gasteiger charge is -2.35. The van der Waals surface area contributed by atoms with E-state index in [9.17, 15) is 19.5 Å². The Morgan fingerprint density at radius 1 is 1.24 bits per heavy atom. The molecule has 2 heterocycles. The highest BCUT2D eigenvalue weighted by molar-refractivity contribution is 6.45. The lowest BCUT2D eigenvalue weighted by atomic mass is 10.00. The molecule has 2 aliphatic rings. The van der Waals surface area contributed by atoms with Crippen LogP contribution in [-0.4, -0.2) is 59.5 Å². The highest BCUT2D eigenvalue weighted by atomic mass is 16.5. The predicted octanol–water partition coefficient (Wildman–Crippen LogP) is 1.09. The summed E-state index contributed by atoms with van der Waals surface area (Å²) in [6.07, 6.45) is 2.05. The SMILES string of the molecule is O=C1C=NC(CC(C(=O)O)N2CCC2)=C1C(=O)COc1ccccc1. The lowest BCUT2D eigenvalue weighted by Crippen LogP contribution is -2.49. The number of carbonyl (C=O) groups is 3. The molecule has 0 aliphatic carbocycles. The number of carbonyl (C=O) groups excluding carboxylic acids is 2. The summed E-state index contributed by atoms with van der Waals surface area (Å²) in [6, 6.07) is 8.02. The van der Waals surface area contributed by atoms with Crippen LogP contribution in [0.1, 0.15) is 12.8 Å². The Labute approximate surface area is 144 Å². The second kappa shape index (κ2) is 7.40. The Kier molecular flexibility index (Phi) is 5.04.